The van der Waals surface area contributed by atoms with Crippen LogP contribution >= 0.6 is 0 Å². The number of aliphatic hydroxyl groups is 1. The predicted octanol–water partition coefficient (Wildman–Crippen LogP) is 4.06. The standard InChI is InChI=1S/C35H39N3O7/c39-21-20-38(23-26-12-4-1-5-13-26)32(40)22-29-18-10-11-19-30(37-35(43)45-24-27-14-6-2-7-15-27)34(42)44-25-31(36-33(29)41)28-16-8-3-9-17-28/h1-17,29-31,39H,18-25H2,(H,36,41)(H,37,43)/t29-,30-,31-/m1/s1. The largest absolute Gasteiger partial charge is 0.462 e. The molecule has 10 heteroatoms. The second kappa shape index (κ2) is 17.4. The van der Waals surface area contributed by atoms with Crippen molar-refractivity contribution in [3.8, 4) is 0 Å². The van der Waals surface area contributed by atoms with Crippen molar-refractivity contribution in [2.45, 2.75) is 44.5 Å². The summed E-state index contributed by atoms with van der Waals surface area (Å²) in [6.45, 7) is 0.0917. The Morgan fingerprint density at radius 1 is 0.889 bits per heavy atom. The number of benzene rings is 3. The summed E-state index contributed by atoms with van der Waals surface area (Å²) in [4.78, 5) is 54.2. The number of carbonyl (C=O) groups is 4. The summed E-state index contributed by atoms with van der Waals surface area (Å²) in [6, 6.07) is 26.0. The highest BCUT2D eigenvalue weighted by molar-refractivity contribution is 5.86. The molecule has 3 atom stereocenters. The minimum atomic E-state index is -1.03. The number of aliphatic hydroxyl groups excluding tert-OH is 1. The van der Waals surface area contributed by atoms with Gasteiger partial charge in [-0.25, -0.2) is 9.59 Å². The Hall–Kier alpha value is -4.96. The minimum Gasteiger partial charge on any atom is -0.462 e. The van der Waals surface area contributed by atoms with Gasteiger partial charge in [-0.2, -0.15) is 0 Å². The number of ether oxygens (including phenoxy) is 2. The highest BCUT2D eigenvalue weighted by Gasteiger charge is 2.29. The van der Waals surface area contributed by atoms with Gasteiger partial charge < -0.3 is 30.1 Å². The fraction of sp³-hybridized carbons (Fsp3) is 0.314. The van der Waals surface area contributed by atoms with Crippen LogP contribution in [0.5, 0.6) is 0 Å². The lowest BCUT2D eigenvalue weighted by Crippen LogP contribution is -2.44. The lowest BCUT2D eigenvalue weighted by Gasteiger charge is -2.27. The topological polar surface area (TPSA) is 134 Å². The molecule has 0 bridgehead atoms. The van der Waals surface area contributed by atoms with Gasteiger partial charge >= 0.3 is 12.1 Å². The number of hydrogen-bond donors (Lipinski definition) is 3. The molecule has 3 aromatic carbocycles. The van der Waals surface area contributed by atoms with E-state index in [0.717, 1.165) is 11.1 Å². The number of nitrogens with one attached hydrogen (secondary N) is 2. The van der Waals surface area contributed by atoms with Crippen molar-refractivity contribution in [1.29, 1.82) is 0 Å². The summed E-state index contributed by atoms with van der Waals surface area (Å²) < 4.78 is 10.9. The van der Waals surface area contributed by atoms with Crippen LogP contribution in [0.25, 0.3) is 0 Å². The summed E-state index contributed by atoms with van der Waals surface area (Å²) in [5.41, 5.74) is 2.43. The summed E-state index contributed by atoms with van der Waals surface area (Å²) >= 11 is 0. The van der Waals surface area contributed by atoms with E-state index >= 15 is 0 Å². The van der Waals surface area contributed by atoms with Crippen molar-refractivity contribution in [3.63, 3.8) is 0 Å². The molecule has 3 aromatic rings. The molecule has 1 heterocycles. The van der Waals surface area contributed by atoms with Gasteiger partial charge in [0.05, 0.1) is 18.6 Å². The Morgan fingerprint density at radius 2 is 1.51 bits per heavy atom. The first-order chi connectivity index (χ1) is 21.9. The van der Waals surface area contributed by atoms with Crippen molar-refractivity contribution in [1.82, 2.24) is 15.5 Å². The molecule has 1 aliphatic rings. The van der Waals surface area contributed by atoms with Crippen molar-refractivity contribution in [2.75, 3.05) is 19.8 Å². The molecule has 0 spiro atoms. The number of allylic oxidation sites excluding steroid dienone is 1. The van der Waals surface area contributed by atoms with Crippen molar-refractivity contribution >= 4 is 23.9 Å². The summed E-state index contributed by atoms with van der Waals surface area (Å²) in [6.07, 6.45) is 2.87. The molecule has 1 aliphatic heterocycles. The average Bonchev–Trinajstić information content (AvgIpc) is 3.06. The molecule has 236 valence electrons. The lowest BCUT2D eigenvalue weighted by molar-refractivity contribution is -0.147. The molecule has 0 radical (unpaired) electrons. The Kier molecular flexibility index (Phi) is 12.7. The fourth-order valence-corrected chi connectivity index (χ4v) is 4.92. The van der Waals surface area contributed by atoms with Crippen LogP contribution in [0.3, 0.4) is 0 Å². The molecular formula is C35H39N3O7. The molecule has 4 rings (SSSR count). The maximum Gasteiger partial charge on any atom is 0.408 e. The Bertz CT molecular complexity index is 1420. The Balaban J connectivity index is 1.49. The van der Waals surface area contributed by atoms with Gasteiger partial charge in [0, 0.05) is 19.5 Å². The van der Waals surface area contributed by atoms with E-state index in [-0.39, 0.29) is 57.4 Å². The van der Waals surface area contributed by atoms with E-state index in [2.05, 4.69) is 10.6 Å². The maximum absolute atomic E-state index is 13.6. The molecule has 0 saturated heterocycles. The molecule has 3 amide bonds. The number of amides is 3. The molecule has 0 aliphatic carbocycles. The molecule has 0 fully saturated rings. The smallest absolute Gasteiger partial charge is 0.408 e. The van der Waals surface area contributed by atoms with Gasteiger partial charge in [0.15, 0.2) is 0 Å². The second-order valence-electron chi connectivity index (χ2n) is 10.7. The molecule has 0 saturated carbocycles. The quantitative estimate of drug-likeness (QED) is 0.232. The number of cyclic esters (lactones) is 1. The highest BCUT2D eigenvalue weighted by Crippen LogP contribution is 2.20. The minimum absolute atomic E-state index is 0.0413. The maximum atomic E-state index is 13.6. The van der Waals surface area contributed by atoms with Crippen LogP contribution in [0.15, 0.2) is 103 Å². The van der Waals surface area contributed by atoms with E-state index in [0.29, 0.717) is 12.1 Å². The molecule has 0 aromatic heterocycles. The Morgan fingerprint density at radius 3 is 2.18 bits per heavy atom. The third kappa shape index (κ3) is 10.6. The second-order valence-corrected chi connectivity index (χ2v) is 10.7. The zero-order valence-corrected chi connectivity index (χ0v) is 25.0. The van der Waals surface area contributed by atoms with Gasteiger partial charge in [0.25, 0.3) is 0 Å². The number of hydrogen-bond acceptors (Lipinski definition) is 7. The number of carbonyl (C=O) groups excluding carboxylic acids is 4. The first-order valence-electron chi connectivity index (χ1n) is 15.0. The zero-order valence-electron chi connectivity index (χ0n) is 25.0. The van der Waals surface area contributed by atoms with Gasteiger partial charge in [0.1, 0.15) is 19.3 Å². The fourth-order valence-electron chi connectivity index (χ4n) is 4.92. The summed E-state index contributed by atoms with van der Waals surface area (Å²) in [5.74, 6) is -2.02. The van der Waals surface area contributed by atoms with Gasteiger partial charge in [-0.15, -0.1) is 0 Å². The van der Waals surface area contributed by atoms with E-state index in [9.17, 15) is 24.3 Å². The number of esters is 1. The van der Waals surface area contributed by atoms with Crippen LogP contribution < -0.4 is 10.6 Å². The van der Waals surface area contributed by atoms with Crippen LogP contribution in [0, 0.1) is 5.92 Å². The van der Waals surface area contributed by atoms with Crippen LogP contribution in [0.2, 0.25) is 0 Å². The highest BCUT2D eigenvalue weighted by atomic mass is 16.6. The van der Waals surface area contributed by atoms with Crippen LogP contribution in [0.4, 0.5) is 4.79 Å². The number of nitrogens with zero attached hydrogens (tertiary/aromatic N) is 1. The SMILES string of the molecule is O=C(N[C@@H]1CC=CC[C@H](CC(=O)N(CCO)Cc2ccccc2)C(=O)N[C@@H](c2ccccc2)COC1=O)OCc1ccccc1. The molecule has 3 N–H and O–H groups in total. The molecule has 0 unspecified atom stereocenters. The van der Waals surface area contributed by atoms with Gasteiger partial charge in [-0.3, -0.25) is 9.59 Å². The molecule has 45 heavy (non-hydrogen) atoms. The van der Waals surface area contributed by atoms with Crippen LogP contribution in [0.1, 0.15) is 42.0 Å². The monoisotopic (exact) mass is 613 g/mol. The van der Waals surface area contributed by atoms with Crippen molar-refractivity contribution < 1.29 is 33.8 Å². The normalized spacial score (nSPS) is 18.8. The number of rotatable bonds is 10. The van der Waals surface area contributed by atoms with Gasteiger partial charge in [-0.05, 0) is 29.5 Å². The summed E-state index contributed by atoms with van der Waals surface area (Å²) in [7, 11) is 0. The van der Waals surface area contributed by atoms with Crippen molar-refractivity contribution in [2.24, 2.45) is 5.92 Å². The summed E-state index contributed by atoms with van der Waals surface area (Å²) in [5, 5.41) is 15.2. The van der Waals surface area contributed by atoms with Crippen LogP contribution in [-0.2, 0) is 37.0 Å². The van der Waals surface area contributed by atoms with Crippen LogP contribution in [-0.4, -0.2) is 59.7 Å². The zero-order chi connectivity index (χ0) is 31.9. The average molecular weight is 614 g/mol. The third-order valence-electron chi connectivity index (χ3n) is 7.39. The molecule has 10 nitrogen and oxygen atoms in total. The van der Waals surface area contributed by atoms with E-state index in [1.807, 2.05) is 91.0 Å². The molecular weight excluding hydrogens is 574 g/mol. The predicted molar refractivity (Wildman–Crippen MR) is 167 cm³/mol. The van der Waals surface area contributed by atoms with E-state index < -0.39 is 30.1 Å². The van der Waals surface area contributed by atoms with Gasteiger partial charge in [0.2, 0.25) is 11.8 Å². The first kappa shape index (κ1) is 32.9. The first-order valence-corrected chi connectivity index (χ1v) is 15.0. The number of alkyl carbamates (subject to hydrolysis) is 1. The van der Waals surface area contributed by atoms with Crippen molar-refractivity contribution in [3.05, 3.63) is 120 Å². The Labute approximate surface area is 263 Å². The third-order valence-corrected chi connectivity index (χ3v) is 7.39. The van der Waals surface area contributed by atoms with E-state index in [1.54, 1.807) is 17.1 Å². The van der Waals surface area contributed by atoms with E-state index in [1.165, 1.54) is 0 Å². The lowest BCUT2D eigenvalue weighted by atomic mass is 9.97. The van der Waals surface area contributed by atoms with E-state index in [4.69, 9.17) is 9.47 Å². The van der Waals surface area contributed by atoms with Gasteiger partial charge in [-0.1, -0.05) is 103 Å².